The van der Waals surface area contributed by atoms with Crippen LogP contribution in [0.3, 0.4) is 0 Å². The number of benzene rings is 1. The summed E-state index contributed by atoms with van der Waals surface area (Å²) in [7, 11) is 1.62. The highest BCUT2D eigenvalue weighted by molar-refractivity contribution is 5.91. The minimum Gasteiger partial charge on any atom is -0.497 e. The largest absolute Gasteiger partial charge is 0.497 e. The average molecular weight is 541 g/mol. The van der Waals surface area contributed by atoms with Crippen LogP contribution in [0.15, 0.2) is 24.3 Å². The standard InChI is InChI=1S/C29H40N4O6/c1-28(2,3)23(31-27(37)32-29(4,5)6)25(34)33-15-19(14-22(33)26(35)36)39-24-20-11-10-18(38-7)12-17(20)13-21(30-24)16-8-9-16/h10-13,16,19,22-23H,8-9,14-15H2,1-7H3,(H,35,36)(H2,31,32,37)/t19-,22-,23?/m0/s1. The molecule has 0 radical (unpaired) electrons. The third-order valence-corrected chi connectivity index (χ3v) is 7.00. The van der Waals surface area contributed by atoms with Gasteiger partial charge in [-0.3, -0.25) is 4.79 Å². The molecule has 212 valence electrons. The topological polar surface area (TPSA) is 130 Å². The van der Waals surface area contributed by atoms with Gasteiger partial charge in [-0.05, 0) is 68.7 Å². The summed E-state index contributed by atoms with van der Waals surface area (Å²) in [5.41, 5.74) is -0.224. The molecule has 3 amide bonds. The number of ether oxygens (including phenoxy) is 2. The molecule has 1 saturated heterocycles. The quantitative estimate of drug-likeness (QED) is 0.483. The number of hydrogen-bond acceptors (Lipinski definition) is 6. The Balaban J connectivity index is 1.59. The van der Waals surface area contributed by atoms with Crippen LogP contribution < -0.4 is 20.1 Å². The molecule has 1 saturated carbocycles. The Hall–Kier alpha value is -3.56. The van der Waals surface area contributed by atoms with Gasteiger partial charge in [0, 0.05) is 29.0 Å². The molecular formula is C29H40N4O6. The molecule has 2 aromatic rings. The summed E-state index contributed by atoms with van der Waals surface area (Å²) in [6.07, 6.45) is 1.67. The molecule has 1 aromatic carbocycles. The van der Waals surface area contributed by atoms with Gasteiger partial charge in [0.2, 0.25) is 11.8 Å². The van der Waals surface area contributed by atoms with E-state index in [9.17, 15) is 19.5 Å². The van der Waals surface area contributed by atoms with Crippen molar-refractivity contribution in [1.82, 2.24) is 20.5 Å². The van der Waals surface area contributed by atoms with E-state index in [0.717, 1.165) is 35.1 Å². The number of aliphatic carboxylic acids is 1. The lowest BCUT2D eigenvalue weighted by Gasteiger charge is -2.35. The van der Waals surface area contributed by atoms with E-state index in [1.54, 1.807) is 7.11 Å². The van der Waals surface area contributed by atoms with E-state index in [1.807, 2.05) is 59.7 Å². The van der Waals surface area contributed by atoms with Crippen molar-refractivity contribution in [3.8, 4) is 11.6 Å². The van der Waals surface area contributed by atoms with Crippen LogP contribution in [0.4, 0.5) is 4.79 Å². The van der Waals surface area contributed by atoms with Crippen molar-refractivity contribution in [3.05, 3.63) is 30.0 Å². The predicted octanol–water partition coefficient (Wildman–Crippen LogP) is 4.07. The molecular weight excluding hydrogens is 500 g/mol. The lowest BCUT2D eigenvalue weighted by Crippen LogP contribution is -2.60. The molecule has 3 N–H and O–H groups in total. The third-order valence-electron chi connectivity index (χ3n) is 7.00. The highest BCUT2D eigenvalue weighted by Crippen LogP contribution is 2.42. The first-order valence-electron chi connectivity index (χ1n) is 13.4. The molecule has 2 aliphatic rings. The molecule has 10 nitrogen and oxygen atoms in total. The molecule has 1 aromatic heterocycles. The van der Waals surface area contributed by atoms with Crippen LogP contribution in [-0.4, -0.2) is 70.3 Å². The number of carbonyl (C=O) groups is 3. The number of likely N-dealkylation sites (tertiary alicyclic amines) is 1. The number of nitrogens with one attached hydrogen (secondary N) is 2. The molecule has 1 aliphatic carbocycles. The number of hydrogen-bond donors (Lipinski definition) is 3. The van der Waals surface area contributed by atoms with E-state index in [2.05, 4.69) is 16.7 Å². The fourth-order valence-electron chi connectivity index (χ4n) is 4.87. The summed E-state index contributed by atoms with van der Waals surface area (Å²) in [6, 6.07) is 5.19. The van der Waals surface area contributed by atoms with Crippen LogP contribution in [-0.2, 0) is 9.59 Å². The number of pyridine rings is 1. The summed E-state index contributed by atoms with van der Waals surface area (Å²) in [4.78, 5) is 44.8. The van der Waals surface area contributed by atoms with Gasteiger partial charge >= 0.3 is 12.0 Å². The Labute approximate surface area is 229 Å². The summed E-state index contributed by atoms with van der Waals surface area (Å²) in [6.45, 7) is 11.1. The Morgan fingerprint density at radius 1 is 1.10 bits per heavy atom. The van der Waals surface area contributed by atoms with Gasteiger partial charge in [-0.1, -0.05) is 20.8 Å². The van der Waals surface area contributed by atoms with Crippen molar-refractivity contribution in [2.75, 3.05) is 13.7 Å². The molecule has 3 atom stereocenters. The molecule has 4 rings (SSSR count). The van der Waals surface area contributed by atoms with Gasteiger partial charge in [-0.15, -0.1) is 0 Å². The second-order valence-electron chi connectivity index (χ2n) is 12.7. The SMILES string of the molecule is COc1ccc2c(O[C@H]3C[C@@H](C(=O)O)N(C(=O)C(NC(=O)NC(C)(C)C)C(C)(C)C)C3)nc(C3CC3)cc2c1. The van der Waals surface area contributed by atoms with E-state index in [-0.39, 0.29) is 13.0 Å². The molecule has 39 heavy (non-hydrogen) atoms. The van der Waals surface area contributed by atoms with Crippen LogP contribution in [0.25, 0.3) is 10.8 Å². The number of carboxylic acids is 1. The van der Waals surface area contributed by atoms with Gasteiger partial charge in [-0.25, -0.2) is 14.6 Å². The van der Waals surface area contributed by atoms with Gasteiger partial charge in [0.05, 0.1) is 13.7 Å². The molecule has 0 bridgehead atoms. The zero-order chi connectivity index (χ0) is 28.7. The fourth-order valence-corrected chi connectivity index (χ4v) is 4.87. The predicted molar refractivity (Wildman–Crippen MR) is 147 cm³/mol. The number of carbonyl (C=O) groups excluding carboxylic acids is 2. The van der Waals surface area contributed by atoms with E-state index >= 15 is 0 Å². The second-order valence-corrected chi connectivity index (χ2v) is 12.7. The Morgan fingerprint density at radius 3 is 2.36 bits per heavy atom. The first kappa shape index (κ1) is 28.4. The summed E-state index contributed by atoms with van der Waals surface area (Å²) < 4.78 is 11.7. The van der Waals surface area contributed by atoms with Crippen molar-refractivity contribution in [2.24, 2.45) is 5.41 Å². The maximum atomic E-state index is 13.8. The smallest absolute Gasteiger partial charge is 0.326 e. The molecule has 10 heteroatoms. The van der Waals surface area contributed by atoms with Crippen LogP contribution in [0.1, 0.15) is 72.4 Å². The number of rotatable bonds is 7. The van der Waals surface area contributed by atoms with Gasteiger partial charge in [0.1, 0.15) is 23.9 Å². The first-order valence-corrected chi connectivity index (χ1v) is 13.4. The van der Waals surface area contributed by atoms with Crippen molar-refractivity contribution in [1.29, 1.82) is 0 Å². The maximum Gasteiger partial charge on any atom is 0.326 e. The number of urea groups is 1. The molecule has 2 heterocycles. The minimum absolute atomic E-state index is 0.0674. The van der Waals surface area contributed by atoms with Gasteiger partial charge < -0.3 is 30.1 Å². The highest BCUT2D eigenvalue weighted by Gasteiger charge is 2.46. The lowest BCUT2D eigenvalue weighted by molar-refractivity contribution is -0.150. The van der Waals surface area contributed by atoms with Crippen molar-refractivity contribution in [3.63, 3.8) is 0 Å². The molecule has 2 fully saturated rings. The number of aromatic nitrogens is 1. The van der Waals surface area contributed by atoms with Crippen LogP contribution in [0.2, 0.25) is 0 Å². The van der Waals surface area contributed by atoms with Crippen LogP contribution in [0, 0.1) is 5.41 Å². The monoisotopic (exact) mass is 540 g/mol. The third kappa shape index (κ3) is 6.72. The minimum atomic E-state index is -1.12. The van der Waals surface area contributed by atoms with Gasteiger partial charge in [-0.2, -0.15) is 0 Å². The normalized spacial score (nSPS) is 20.4. The molecule has 0 spiro atoms. The van der Waals surface area contributed by atoms with Crippen LogP contribution >= 0.6 is 0 Å². The lowest BCUT2D eigenvalue weighted by atomic mass is 9.85. The van der Waals surface area contributed by atoms with E-state index in [1.165, 1.54) is 4.90 Å². The molecule has 1 unspecified atom stereocenters. The summed E-state index contributed by atoms with van der Waals surface area (Å²) in [5, 5.41) is 17.3. The van der Waals surface area contributed by atoms with Crippen molar-refractivity contribution < 1.29 is 29.0 Å². The zero-order valence-corrected chi connectivity index (χ0v) is 23.8. The summed E-state index contributed by atoms with van der Waals surface area (Å²) in [5.74, 6) is -0.0409. The van der Waals surface area contributed by atoms with Gasteiger partial charge in [0.15, 0.2) is 0 Å². The van der Waals surface area contributed by atoms with E-state index in [0.29, 0.717) is 11.8 Å². The maximum absolute atomic E-state index is 13.8. The average Bonchev–Trinajstić information content (AvgIpc) is 3.59. The van der Waals surface area contributed by atoms with Crippen molar-refractivity contribution >= 4 is 28.7 Å². The highest BCUT2D eigenvalue weighted by atomic mass is 16.5. The fraction of sp³-hybridized carbons (Fsp3) is 0.586. The number of methoxy groups -OCH3 is 1. The number of nitrogens with zero attached hydrogens (tertiary/aromatic N) is 2. The Bertz CT molecular complexity index is 1260. The first-order chi connectivity index (χ1) is 18.2. The van der Waals surface area contributed by atoms with Crippen molar-refractivity contribution in [2.45, 2.75) is 90.4 Å². The number of carboxylic acid groups (broad SMARTS) is 1. The zero-order valence-electron chi connectivity index (χ0n) is 23.8. The second kappa shape index (κ2) is 10.5. The molecule has 1 aliphatic heterocycles. The van der Waals surface area contributed by atoms with Gasteiger partial charge in [0.25, 0.3) is 0 Å². The Morgan fingerprint density at radius 2 is 1.79 bits per heavy atom. The van der Waals surface area contributed by atoms with Crippen LogP contribution in [0.5, 0.6) is 11.6 Å². The number of fused-ring (bicyclic) bond motifs is 1. The summed E-state index contributed by atoms with van der Waals surface area (Å²) >= 11 is 0. The van der Waals surface area contributed by atoms with E-state index < -0.39 is 47.0 Å². The number of amides is 3. The van der Waals surface area contributed by atoms with E-state index in [4.69, 9.17) is 14.5 Å². The Kier molecular flexibility index (Phi) is 7.69.